The Morgan fingerprint density at radius 1 is 1.29 bits per heavy atom. The highest BCUT2D eigenvalue weighted by atomic mass is 16.6. The van der Waals surface area contributed by atoms with Gasteiger partial charge in [0, 0.05) is 11.8 Å². The predicted molar refractivity (Wildman–Crippen MR) is 99.4 cm³/mol. The molecule has 1 aromatic heterocycles. The van der Waals surface area contributed by atoms with Gasteiger partial charge in [0.25, 0.3) is 0 Å². The van der Waals surface area contributed by atoms with Crippen LogP contribution in [0.4, 0.5) is 11.4 Å². The second kappa shape index (κ2) is 8.46. The molecule has 0 fully saturated rings. The van der Waals surface area contributed by atoms with E-state index in [1.54, 1.807) is 42.5 Å². The van der Waals surface area contributed by atoms with Crippen LogP contribution in [0.5, 0.6) is 5.75 Å². The van der Waals surface area contributed by atoms with Crippen molar-refractivity contribution in [1.29, 1.82) is 5.26 Å². The fraction of sp³-hybridized carbons (Fsp3) is 0.105. The van der Waals surface area contributed by atoms with Crippen LogP contribution in [0, 0.1) is 21.4 Å². The monoisotopic (exact) mass is 377 g/mol. The predicted octanol–water partition coefficient (Wildman–Crippen LogP) is 2.88. The van der Waals surface area contributed by atoms with Crippen LogP contribution in [-0.2, 0) is 17.9 Å². The highest BCUT2D eigenvalue weighted by Gasteiger charge is 2.11. The van der Waals surface area contributed by atoms with Gasteiger partial charge in [-0.1, -0.05) is 18.2 Å². The molecule has 140 valence electrons. The molecule has 1 amide bonds. The quantitative estimate of drug-likeness (QED) is 0.499. The van der Waals surface area contributed by atoms with Crippen LogP contribution in [0.1, 0.15) is 11.1 Å². The van der Waals surface area contributed by atoms with Crippen molar-refractivity contribution in [3.05, 3.63) is 82.2 Å². The number of rotatable bonds is 7. The third-order valence-electron chi connectivity index (χ3n) is 3.72. The number of hydrogen-bond donors (Lipinski definition) is 1. The Bertz CT molecular complexity index is 1050. The van der Waals surface area contributed by atoms with Gasteiger partial charge in [-0.05, 0) is 29.8 Å². The summed E-state index contributed by atoms with van der Waals surface area (Å²) in [6, 6.07) is 16.0. The molecule has 0 saturated carbocycles. The van der Waals surface area contributed by atoms with Crippen molar-refractivity contribution in [2.24, 2.45) is 0 Å². The first-order chi connectivity index (χ1) is 13.5. The molecule has 0 spiro atoms. The van der Waals surface area contributed by atoms with E-state index in [1.807, 2.05) is 6.07 Å². The molecule has 0 atom stereocenters. The van der Waals surface area contributed by atoms with Crippen molar-refractivity contribution in [2.45, 2.75) is 13.2 Å². The summed E-state index contributed by atoms with van der Waals surface area (Å²) < 4.78 is 6.90. The first kappa shape index (κ1) is 18.6. The van der Waals surface area contributed by atoms with Crippen molar-refractivity contribution >= 4 is 17.3 Å². The van der Waals surface area contributed by atoms with Crippen molar-refractivity contribution in [3.8, 4) is 11.8 Å². The van der Waals surface area contributed by atoms with Crippen LogP contribution >= 0.6 is 0 Å². The number of carbonyl (C=O) groups is 1. The standard InChI is InChI=1S/C19H15N5O4/c20-9-14-3-1-4-15(7-14)13-28-18-6-2-5-16(8-18)22-19(25)12-23-11-17(10-21-23)24(26)27/h1-8,10-11H,12-13H2,(H,22,25). The molecule has 0 aliphatic carbocycles. The van der Waals surface area contributed by atoms with Crippen molar-refractivity contribution in [2.75, 3.05) is 5.32 Å². The molecule has 0 unspecified atom stereocenters. The second-order valence-electron chi connectivity index (χ2n) is 5.83. The Labute approximate surface area is 159 Å². The Morgan fingerprint density at radius 2 is 2.11 bits per heavy atom. The molecule has 3 aromatic rings. The molecule has 28 heavy (non-hydrogen) atoms. The lowest BCUT2D eigenvalue weighted by Gasteiger charge is -2.09. The number of nitriles is 1. The van der Waals surface area contributed by atoms with E-state index < -0.39 is 4.92 Å². The van der Waals surface area contributed by atoms with E-state index >= 15 is 0 Å². The summed E-state index contributed by atoms with van der Waals surface area (Å²) in [5.41, 5.74) is 1.76. The van der Waals surface area contributed by atoms with Gasteiger partial charge in [0.15, 0.2) is 0 Å². The van der Waals surface area contributed by atoms with E-state index in [-0.39, 0.29) is 24.7 Å². The third kappa shape index (κ3) is 4.92. The van der Waals surface area contributed by atoms with E-state index in [4.69, 9.17) is 10.00 Å². The molecule has 2 aromatic carbocycles. The first-order valence-corrected chi connectivity index (χ1v) is 8.22. The number of benzene rings is 2. The maximum absolute atomic E-state index is 12.1. The molecule has 0 saturated heterocycles. The first-order valence-electron chi connectivity index (χ1n) is 8.22. The number of amides is 1. The zero-order valence-corrected chi connectivity index (χ0v) is 14.6. The molecular formula is C19H15N5O4. The summed E-state index contributed by atoms with van der Waals surface area (Å²) in [7, 11) is 0. The topological polar surface area (TPSA) is 123 Å². The van der Waals surface area contributed by atoms with Crippen LogP contribution in [0.15, 0.2) is 60.9 Å². The fourth-order valence-electron chi connectivity index (χ4n) is 2.44. The Balaban J connectivity index is 1.58. The van der Waals surface area contributed by atoms with Crippen LogP contribution in [0.3, 0.4) is 0 Å². The molecule has 3 rings (SSSR count). The summed E-state index contributed by atoms with van der Waals surface area (Å²) in [5, 5.41) is 26.1. The fourth-order valence-corrected chi connectivity index (χ4v) is 2.44. The summed E-state index contributed by atoms with van der Waals surface area (Å²) in [4.78, 5) is 22.2. The number of anilines is 1. The summed E-state index contributed by atoms with van der Waals surface area (Å²) in [5.74, 6) is 0.173. The zero-order chi connectivity index (χ0) is 19.9. The second-order valence-corrected chi connectivity index (χ2v) is 5.83. The van der Waals surface area contributed by atoms with E-state index in [2.05, 4.69) is 16.5 Å². The van der Waals surface area contributed by atoms with Crippen LogP contribution in [0.2, 0.25) is 0 Å². The number of carbonyl (C=O) groups excluding carboxylic acids is 1. The van der Waals surface area contributed by atoms with Gasteiger partial charge in [0.1, 0.15) is 31.3 Å². The highest BCUT2D eigenvalue weighted by molar-refractivity contribution is 5.90. The minimum atomic E-state index is -0.575. The average molecular weight is 377 g/mol. The minimum absolute atomic E-state index is 0.153. The molecule has 0 radical (unpaired) electrons. The van der Waals surface area contributed by atoms with Gasteiger partial charge in [-0.2, -0.15) is 10.4 Å². The molecule has 0 bridgehead atoms. The molecule has 9 heteroatoms. The number of nitrogens with zero attached hydrogens (tertiary/aromatic N) is 4. The van der Waals surface area contributed by atoms with Crippen LogP contribution in [-0.4, -0.2) is 20.6 Å². The summed E-state index contributed by atoms with van der Waals surface area (Å²) >= 11 is 0. The maximum atomic E-state index is 12.1. The van der Waals surface area contributed by atoms with Gasteiger partial charge in [-0.3, -0.25) is 19.6 Å². The largest absolute Gasteiger partial charge is 0.489 e. The Hall–Kier alpha value is -4.19. The highest BCUT2D eigenvalue weighted by Crippen LogP contribution is 2.19. The molecule has 9 nitrogen and oxygen atoms in total. The van der Waals surface area contributed by atoms with Crippen LogP contribution in [0.25, 0.3) is 0 Å². The van der Waals surface area contributed by atoms with Crippen molar-refractivity contribution < 1.29 is 14.5 Å². The normalized spacial score (nSPS) is 10.1. The minimum Gasteiger partial charge on any atom is -0.489 e. The van der Waals surface area contributed by atoms with Crippen LogP contribution < -0.4 is 10.1 Å². The van der Waals surface area contributed by atoms with E-state index in [9.17, 15) is 14.9 Å². The number of aromatic nitrogens is 2. The lowest BCUT2D eigenvalue weighted by Crippen LogP contribution is -2.19. The number of nitro groups is 1. The van der Waals surface area contributed by atoms with Gasteiger partial charge in [0.05, 0.1) is 16.6 Å². The summed E-state index contributed by atoms with van der Waals surface area (Å²) in [6.07, 6.45) is 2.28. The van der Waals surface area contributed by atoms with Crippen molar-refractivity contribution in [1.82, 2.24) is 9.78 Å². The summed E-state index contributed by atoms with van der Waals surface area (Å²) in [6.45, 7) is 0.129. The molecule has 1 N–H and O–H groups in total. The lowest BCUT2D eigenvalue weighted by atomic mass is 10.1. The SMILES string of the molecule is N#Cc1cccc(COc2cccc(NC(=O)Cn3cc([N+](=O)[O-])cn3)c2)c1. The average Bonchev–Trinajstić information content (AvgIpc) is 3.15. The smallest absolute Gasteiger partial charge is 0.307 e. The van der Waals surface area contributed by atoms with Gasteiger partial charge < -0.3 is 10.1 Å². The number of hydrogen-bond acceptors (Lipinski definition) is 6. The Morgan fingerprint density at radius 3 is 2.86 bits per heavy atom. The molecular weight excluding hydrogens is 362 g/mol. The number of nitrogens with one attached hydrogen (secondary N) is 1. The maximum Gasteiger partial charge on any atom is 0.307 e. The van der Waals surface area contributed by atoms with Crippen molar-refractivity contribution in [3.63, 3.8) is 0 Å². The van der Waals surface area contributed by atoms with E-state index in [0.29, 0.717) is 17.0 Å². The zero-order valence-electron chi connectivity index (χ0n) is 14.6. The van der Waals surface area contributed by atoms with E-state index in [1.165, 1.54) is 10.9 Å². The third-order valence-corrected chi connectivity index (χ3v) is 3.72. The van der Waals surface area contributed by atoms with Gasteiger partial charge in [-0.25, -0.2) is 0 Å². The van der Waals surface area contributed by atoms with Gasteiger partial charge in [0.2, 0.25) is 5.91 Å². The lowest BCUT2D eigenvalue weighted by molar-refractivity contribution is -0.385. The molecule has 1 heterocycles. The molecule has 0 aliphatic heterocycles. The van der Waals surface area contributed by atoms with E-state index in [0.717, 1.165) is 11.8 Å². The Kier molecular flexibility index (Phi) is 5.62. The molecule has 0 aliphatic rings. The van der Waals surface area contributed by atoms with Gasteiger partial charge in [-0.15, -0.1) is 0 Å². The van der Waals surface area contributed by atoms with Gasteiger partial charge >= 0.3 is 5.69 Å². The number of ether oxygens (including phenoxy) is 1.